The minimum absolute atomic E-state index is 0.00983. The molecule has 0 radical (unpaired) electrons. The van der Waals surface area contributed by atoms with Gasteiger partial charge in [0.05, 0.1) is 0 Å². The summed E-state index contributed by atoms with van der Waals surface area (Å²) in [6.45, 7) is 5.91. The number of para-hydroxylation sites is 1. The van der Waals surface area contributed by atoms with Gasteiger partial charge in [0.2, 0.25) is 5.91 Å². The highest BCUT2D eigenvalue weighted by atomic mass is 16.2. The van der Waals surface area contributed by atoms with Gasteiger partial charge in [-0.2, -0.15) is 0 Å². The smallest absolute Gasteiger partial charge is 0.321 e. The van der Waals surface area contributed by atoms with E-state index >= 15 is 0 Å². The number of nitrogens with zero attached hydrogens (tertiary/aromatic N) is 2. The second-order valence-electron chi connectivity index (χ2n) is 7.04. The number of rotatable bonds is 5. The van der Waals surface area contributed by atoms with Crippen molar-refractivity contribution in [2.75, 3.05) is 25.5 Å². The van der Waals surface area contributed by atoms with Gasteiger partial charge in [-0.05, 0) is 36.8 Å². The highest BCUT2D eigenvalue weighted by Crippen LogP contribution is 2.23. The Labute approximate surface area is 151 Å². The monoisotopic (exact) mass is 345 g/mol. The number of nitrogens with one attached hydrogen (secondary N) is 1. The van der Waals surface area contributed by atoms with Crippen molar-refractivity contribution in [3.8, 4) is 0 Å². The Bertz CT molecular complexity index is 588. The Morgan fingerprint density at radius 2 is 2.00 bits per heavy atom. The molecule has 1 aromatic carbocycles. The first-order valence-corrected chi connectivity index (χ1v) is 9.36. The van der Waals surface area contributed by atoms with Crippen LogP contribution in [0.5, 0.6) is 0 Å². The third kappa shape index (κ3) is 5.76. The van der Waals surface area contributed by atoms with Crippen LogP contribution in [0.2, 0.25) is 0 Å². The number of likely N-dealkylation sites (tertiary alicyclic amines) is 1. The zero-order valence-electron chi connectivity index (χ0n) is 15.8. The summed E-state index contributed by atoms with van der Waals surface area (Å²) >= 11 is 0. The van der Waals surface area contributed by atoms with Crippen molar-refractivity contribution < 1.29 is 9.59 Å². The van der Waals surface area contributed by atoms with Crippen molar-refractivity contribution in [3.63, 3.8) is 0 Å². The molecule has 1 aliphatic rings. The van der Waals surface area contributed by atoms with Crippen LogP contribution in [0.4, 0.5) is 10.5 Å². The number of amides is 3. The fourth-order valence-corrected chi connectivity index (χ4v) is 3.41. The maximum atomic E-state index is 12.7. The quantitative estimate of drug-likeness (QED) is 0.873. The first-order valence-electron chi connectivity index (χ1n) is 9.36. The normalized spacial score (nSPS) is 17.7. The van der Waals surface area contributed by atoms with E-state index in [9.17, 15) is 9.59 Å². The molecule has 1 saturated heterocycles. The summed E-state index contributed by atoms with van der Waals surface area (Å²) in [5.41, 5.74) is 1.74. The zero-order chi connectivity index (χ0) is 18.2. The second kappa shape index (κ2) is 9.44. The lowest BCUT2D eigenvalue weighted by Crippen LogP contribution is -2.36. The molecule has 3 amide bonds. The van der Waals surface area contributed by atoms with Gasteiger partial charge in [-0.15, -0.1) is 0 Å². The number of anilines is 1. The van der Waals surface area contributed by atoms with Crippen LogP contribution in [0.15, 0.2) is 24.3 Å². The van der Waals surface area contributed by atoms with Crippen LogP contribution in [0, 0.1) is 5.92 Å². The molecule has 0 saturated carbocycles. The lowest BCUT2D eigenvalue weighted by Gasteiger charge is -2.23. The van der Waals surface area contributed by atoms with Gasteiger partial charge in [0.1, 0.15) is 0 Å². The van der Waals surface area contributed by atoms with Crippen LogP contribution in [-0.4, -0.2) is 41.9 Å². The van der Waals surface area contributed by atoms with Gasteiger partial charge in [-0.25, -0.2) is 4.79 Å². The minimum Gasteiger partial charge on any atom is -0.342 e. The van der Waals surface area contributed by atoms with Crippen LogP contribution >= 0.6 is 0 Å². The van der Waals surface area contributed by atoms with Gasteiger partial charge < -0.3 is 15.1 Å². The molecule has 1 heterocycles. The Morgan fingerprint density at radius 3 is 2.72 bits per heavy atom. The standard InChI is InChI=1S/C20H31N3O2/c1-4-8-17-9-7-13-23(14-12-17)20(25)21-19-11-6-5-10-18(19)15-22(3)16(2)24/h5-6,10-11,17H,4,7-9,12-15H2,1-3H3,(H,21,25)/t17-/m0/s1. The molecule has 0 spiro atoms. The van der Waals surface area contributed by atoms with Gasteiger partial charge in [-0.1, -0.05) is 38.0 Å². The van der Waals surface area contributed by atoms with E-state index in [1.54, 1.807) is 18.9 Å². The Morgan fingerprint density at radius 1 is 1.24 bits per heavy atom. The maximum Gasteiger partial charge on any atom is 0.321 e. The van der Waals surface area contributed by atoms with E-state index in [4.69, 9.17) is 0 Å². The highest BCUT2D eigenvalue weighted by molar-refractivity contribution is 5.90. The van der Waals surface area contributed by atoms with Crippen molar-refractivity contribution in [1.82, 2.24) is 9.80 Å². The summed E-state index contributed by atoms with van der Waals surface area (Å²) in [7, 11) is 1.77. The van der Waals surface area contributed by atoms with Crippen molar-refractivity contribution in [3.05, 3.63) is 29.8 Å². The van der Waals surface area contributed by atoms with E-state index in [0.717, 1.165) is 43.1 Å². The lowest BCUT2D eigenvalue weighted by molar-refractivity contribution is -0.128. The first kappa shape index (κ1) is 19.3. The summed E-state index contributed by atoms with van der Waals surface area (Å²) < 4.78 is 0. The molecule has 2 rings (SSSR count). The van der Waals surface area contributed by atoms with E-state index in [0.29, 0.717) is 6.54 Å². The Hall–Kier alpha value is -2.04. The second-order valence-corrected chi connectivity index (χ2v) is 7.04. The van der Waals surface area contributed by atoms with Gasteiger partial charge in [-0.3, -0.25) is 4.79 Å². The summed E-state index contributed by atoms with van der Waals surface area (Å²) in [6, 6.07) is 7.66. The van der Waals surface area contributed by atoms with E-state index < -0.39 is 0 Å². The average molecular weight is 345 g/mol. The largest absolute Gasteiger partial charge is 0.342 e. The Kier molecular flexibility index (Phi) is 7.29. The number of hydrogen-bond donors (Lipinski definition) is 1. The third-order valence-corrected chi connectivity index (χ3v) is 5.04. The molecule has 0 aromatic heterocycles. The van der Waals surface area contributed by atoms with Gasteiger partial charge >= 0.3 is 6.03 Å². The van der Waals surface area contributed by atoms with Crippen LogP contribution in [0.25, 0.3) is 0 Å². The van der Waals surface area contributed by atoms with Crippen molar-refractivity contribution in [1.29, 1.82) is 0 Å². The molecule has 5 nitrogen and oxygen atoms in total. The van der Waals surface area contributed by atoms with Crippen molar-refractivity contribution in [2.24, 2.45) is 5.92 Å². The summed E-state index contributed by atoms with van der Waals surface area (Å²) in [5, 5.41) is 3.05. The van der Waals surface area contributed by atoms with E-state index in [-0.39, 0.29) is 11.9 Å². The molecule has 1 fully saturated rings. The number of carbonyl (C=O) groups excluding carboxylic acids is 2. The fourth-order valence-electron chi connectivity index (χ4n) is 3.41. The number of urea groups is 1. The lowest BCUT2D eigenvalue weighted by atomic mass is 9.96. The van der Waals surface area contributed by atoms with E-state index in [2.05, 4.69) is 12.2 Å². The molecule has 1 atom stereocenters. The van der Waals surface area contributed by atoms with Crippen LogP contribution < -0.4 is 5.32 Å². The molecule has 1 aliphatic heterocycles. The molecular formula is C20H31N3O2. The maximum absolute atomic E-state index is 12.7. The first-order chi connectivity index (χ1) is 12.0. The van der Waals surface area contributed by atoms with Crippen LogP contribution in [0.1, 0.15) is 51.5 Å². The van der Waals surface area contributed by atoms with Crippen molar-refractivity contribution in [2.45, 2.75) is 52.5 Å². The summed E-state index contributed by atoms with van der Waals surface area (Å²) in [4.78, 5) is 27.7. The summed E-state index contributed by atoms with van der Waals surface area (Å²) in [5.74, 6) is 0.759. The molecular weight excluding hydrogens is 314 g/mol. The minimum atomic E-state index is -0.0323. The molecule has 0 unspecified atom stereocenters. The molecule has 1 aromatic rings. The molecule has 0 aliphatic carbocycles. The highest BCUT2D eigenvalue weighted by Gasteiger charge is 2.21. The molecule has 0 bridgehead atoms. The van der Waals surface area contributed by atoms with Crippen molar-refractivity contribution >= 4 is 17.6 Å². The molecule has 1 N–H and O–H groups in total. The van der Waals surface area contributed by atoms with Gasteiger partial charge in [0.25, 0.3) is 0 Å². The van der Waals surface area contributed by atoms with Gasteiger partial charge in [0, 0.05) is 39.3 Å². The third-order valence-electron chi connectivity index (χ3n) is 5.04. The topological polar surface area (TPSA) is 52.7 Å². The fraction of sp³-hybridized carbons (Fsp3) is 0.600. The number of benzene rings is 1. The molecule has 25 heavy (non-hydrogen) atoms. The summed E-state index contributed by atoms with van der Waals surface area (Å²) in [6.07, 6.45) is 5.87. The SMILES string of the molecule is CCC[C@H]1CCCN(C(=O)Nc2ccccc2CN(C)C(C)=O)CC1. The van der Waals surface area contributed by atoms with Crippen LogP contribution in [0.3, 0.4) is 0 Å². The molecule has 5 heteroatoms. The van der Waals surface area contributed by atoms with E-state index in [1.807, 2.05) is 29.2 Å². The zero-order valence-corrected chi connectivity index (χ0v) is 15.8. The predicted octanol–water partition coefficient (Wildman–Crippen LogP) is 4.10. The molecule has 138 valence electrons. The Balaban J connectivity index is 1.99. The number of carbonyl (C=O) groups is 2. The van der Waals surface area contributed by atoms with Gasteiger partial charge in [0.15, 0.2) is 0 Å². The average Bonchev–Trinajstić information content (AvgIpc) is 2.82. The number of hydrogen-bond acceptors (Lipinski definition) is 2. The predicted molar refractivity (Wildman–Crippen MR) is 101 cm³/mol. The van der Waals surface area contributed by atoms with E-state index in [1.165, 1.54) is 19.3 Å². The van der Waals surface area contributed by atoms with Crippen LogP contribution in [-0.2, 0) is 11.3 Å².